The van der Waals surface area contributed by atoms with Gasteiger partial charge in [0, 0.05) is 30.8 Å². The lowest BCUT2D eigenvalue weighted by molar-refractivity contribution is -0.114. The van der Waals surface area contributed by atoms with E-state index in [4.69, 9.17) is 14.2 Å². The fourth-order valence-corrected chi connectivity index (χ4v) is 2.75. The molecular weight excluding hydrogens is 312 g/mol. The lowest BCUT2D eigenvalue weighted by atomic mass is 9.95. The molecular formula is C17H20N2O5. The van der Waals surface area contributed by atoms with E-state index in [0.29, 0.717) is 29.1 Å². The molecule has 2 aliphatic rings. The van der Waals surface area contributed by atoms with E-state index in [9.17, 15) is 9.59 Å². The van der Waals surface area contributed by atoms with Crippen molar-refractivity contribution in [1.82, 2.24) is 10.2 Å². The Morgan fingerprint density at radius 1 is 1.21 bits per heavy atom. The Kier molecular flexibility index (Phi) is 5.12. The molecule has 0 atom stereocenters. The fourth-order valence-electron chi connectivity index (χ4n) is 2.75. The monoisotopic (exact) mass is 332 g/mol. The van der Waals surface area contributed by atoms with Crippen LogP contribution in [0.25, 0.3) is 5.57 Å². The first-order valence-electron chi connectivity index (χ1n) is 7.85. The molecule has 7 nitrogen and oxygen atoms in total. The summed E-state index contributed by atoms with van der Waals surface area (Å²) in [5.41, 5.74) is 1.26. The zero-order valence-corrected chi connectivity index (χ0v) is 13.5. The third-order valence-corrected chi connectivity index (χ3v) is 4.01. The van der Waals surface area contributed by atoms with Gasteiger partial charge in [0.1, 0.15) is 12.4 Å². The number of ether oxygens (including phenoxy) is 3. The van der Waals surface area contributed by atoms with Gasteiger partial charge in [-0.2, -0.15) is 0 Å². The minimum absolute atomic E-state index is 0.311. The third-order valence-electron chi connectivity index (χ3n) is 4.01. The maximum absolute atomic E-state index is 11.9. The van der Waals surface area contributed by atoms with E-state index in [0.717, 1.165) is 32.8 Å². The number of methoxy groups -OCH3 is 1. The molecule has 3 rings (SSSR count). The molecule has 2 amide bonds. The zero-order chi connectivity index (χ0) is 16.9. The second-order valence-corrected chi connectivity index (χ2v) is 5.56. The Bertz CT molecular complexity index is 665. The van der Waals surface area contributed by atoms with Gasteiger partial charge in [0.15, 0.2) is 0 Å². The van der Waals surface area contributed by atoms with E-state index in [1.54, 1.807) is 18.2 Å². The van der Waals surface area contributed by atoms with Gasteiger partial charge in [-0.05, 0) is 18.2 Å². The van der Waals surface area contributed by atoms with Gasteiger partial charge in [0.05, 0.1) is 32.2 Å². The third kappa shape index (κ3) is 3.58. The largest absolute Gasteiger partial charge is 0.504 e. The molecule has 0 bridgehead atoms. The second-order valence-electron chi connectivity index (χ2n) is 5.56. The molecule has 1 aromatic carbocycles. The topological polar surface area (TPSA) is 77.1 Å². The molecule has 0 saturated carbocycles. The van der Waals surface area contributed by atoms with Gasteiger partial charge in [0.25, 0.3) is 11.8 Å². The number of morpholine rings is 1. The van der Waals surface area contributed by atoms with Crippen LogP contribution in [0.4, 0.5) is 0 Å². The summed E-state index contributed by atoms with van der Waals surface area (Å²) < 4.78 is 16.0. The van der Waals surface area contributed by atoms with Crippen molar-refractivity contribution in [1.29, 1.82) is 0 Å². The molecule has 0 radical (unpaired) electrons. The van der Waals surface area contributed by atoms with Gasteiger partial charge < -0.3 is 14.2 Å². The number of fused-ring (bicyclic) bond motifs is 1. The number of hydrogen-bond acceptors (Lipinski definition) is 6. The fraction of sp³-hybridized carbons (Fsp3) is 0.412. The van der Waals surface area contributed by atoms with E-state index in [2.05, 4.69) is 10.2 Å². The van der Waals surface area contributed by atoms with Crippen molar-refractivity contribution in [3.63, 3.8) is 0 Å². The molecule has 0 spiro atoms. The van der Waals surface area contributed by atoms with Crippen LogP contribution in [0.15, 0.2) is 24.5 Å². The van der Waals surface area contributed by atoms with Crippen molar-refractivity contribution in [3.8, 4) is 5.75 Å². The van der Waals surface area contributed by atoms with E-state index in [-0.39, 0.29) is 0 Å². The highest BCUT2D eigenvalue weighted by Gasteiger charge is 2.28. The average Bonchev–Trinajstić information content (AvgIpc) is 2.59. The Hall–Kier alpha value is -2.38. The number of carbonyl (C=O) groups is 2. The van der Waals surface area contributed by atoms with E-state index >= 15 is 0 Å². The van der Waals surface area contributed by atoms with Crippen LogP contribution in [0, 0.1) is 0 Å². The summed E-state index contributed by atoms with van der Waals surface area (Å²) >= 11 is 0. The van der Waals surface area contributed by atoms with Crippen molar-refractivity contribution in [2.45, 2.75) is 0 Å². The molecule has 7 heteroatoms. The number of hydrogen-bond donors (Lipinski definition) is 1. The number of amides is 2. The number of benzene rings is 1. The first kappa shape index (κ1) is 16.5. The molecule has 0 aliphatic carbocycles. The Labute approximate surface area is 140 Å². The van der Waals surface area contributed by atoms with Crippen LogP contribution in [-0.4, -0.2) is 63.3 Å². The van der Waals surface area contributed by atoms with Crippen molar-refractivity contribution in [2.24, 2.45) is 0 Å². The van der Waals surface area contributed by atoms with Gasteiger partial charge in [0.2, 0.25) is 0 Å². The van der Waals surface area contributed by atoms with Crippen LogP contribution < -0.4 is 10.1 Å². The maximum Gasteiger partial charge on any atom is 0.261 e. The Morgan fingerprint density at radius 2 is 2.00 bits per heavy atom. The van der Waals surface area contributed by atoms with Gasteiger partial charge in [-0.25, -0.2) is 0 Å². The summed E-state index contributed by atoms with van der Waals surface area (Å²) in [5.74, 6) is -0.269. The average molecular weight is 332 g/mol. The van der Waals surface area contributed by atoms with Crippen LogP contribution in [0.3, 0.4) is 0 Å². The molecule has 1 saturated heterocycles. The molecule has 0 unspecified atom stereocenters. The maximum atomic E-state index is 11.9. The SMILES string of the molecule is CO/C=C1/C(=O)NC(=O)c2ccc(OCCN3CCOCC3)cc21. The molecule has 128 valence electrons. The van der Waals surface area contributed by atoms with Crippen molar-refractivity contribution in [2.75, 3.05) is 46.6 Å². The number of carbonyl (C=O) groups excluding carboxylic acids is 2. The molecule has 2 aliphatic heterocycles. The smallest absolute Gasteiger partial charge is 0.261 e. The van der Waals surface area contributed by atoms with E-state index in [1.807, 2.05) is 0 Å². The molecule has 1 fully saturated rings. The number of rotatable bonds is 5. The number of nitrogens with one attached hydrogen (secondary N) is 1. The van der Waals surface area contributed by atoms with Gasteiger partial charge >= 0.3 is 0 Å². The highest BCUT2D eigenvalue weighted by molar-refractivity contribution is 6.30. The summed E-state index contributed by atoms with van der Waals surface area (Å²) in [6.07, 6.45) is 1.33. The van der Waals surface area contributed by atoms with Crippen molar-refractivity contribution >= 4 is 17.4 Å². The lowest BCUT2D eigenvalue weighted by Gasteiger charge is -2.26. The number of imide groups is 1. The van der Waals surface area contributed by atoms with Crippen LogP contribution in [0.1, 0.15) is 15.9 Å². The normalized spacial score (nSPS) is 19.8. The second kappa shape index (κ2) is 7.46. The summed E-state index contributed by atoms with van der Waals surface area (Å²) in [5, 5.41) is 2.29. The predicted molar refractivity (Wildman–Crippen MR) is 86.7 cm³/mol. The molecule has 0 aromatic heterocycles. The van der Waals surface area contributed by atoms with E-state index in [1.165, 1.54) is 13.4 Å². The molecule has 1 N–H and O–H groups in total. The van der Waals surface area contributed by atoms with Crippen LogP contribution in [0.2, 0.25) is 0 Å². The summed E-state index contributed by atoms with van der Waals surface area (Å²) in [7, 11) is 1.46. The highest BCUT2D eigenvalue weighted by Crippen LogP contribution is 2.28. The standard InChI is InChI=1S/C17H20N2O5/c1-22-11-15-14-10-12(2-3-13(14)16(20)18-17(15)21)24-9-6-19-4-7-23-8-5-19/h2-3,10-11H,4-9H2,1H3,(H,18,20,21)/b15-11+. The Morgan fingerprint density at radius 3 is 2.75 bits per heavy atom. The minimum Gasteiger partial charge on any atom is -0.504 e. The lowest BCUT2D eigenvalue weighted by Crippen LogP contribution is -2.38. The van der Waals surface area contributed by atoms with Crippen LogP contribution in [0.5, 0.6) is 5.75 Å². The number of nitrogens with zero attached hydrogens (tertiary/aromatic N) is 1. The zero-order valence-electron chi connectivity index (χ0n) is 13.5. The molecule has 24 heavy (non-hydrogen) atoms. The van der Waals surface area contributed by atoms with Crippen LogP contribution >= 0.6 is 0 Å². The quantitative estimate of drug-likeness (QED) is 0.485. The van der Waals surface area contributed by atoms with Gasteiger partial charge in [-0.1, -0.05) is 0 Å². The van der Waals surface area contributed by atoms with Crippen LogP contribution in [-0.2, 0) is 14.3 Å². The molecule has 1 aromatic rings. The molecule has 2 heterocycles. The summed E-state index contributed by atoms with van der Waals surface area (Å²) in [6.45, 7) is 4.65. The van der Waals surface area contributed by atoms with Gasteiger partial charge in [-0.15, -0.1) is 0 Å². The van der Waals surface area contributed by atoms with Crippen molar-refractivity contribution < 1.29 is 23.8 Å². The summed E-state index contributed by atoms with van der Waals surface area (Å²) in [6, 6.07) is 5.10. The highest BCUT2D eigenvalue weighted by atomic mass is 16.5. The Balaban J connectivity index is 1.71. The van der Waals surface area contributed by atoms with E-state index < -0.39 is 11.8 Å². The summed E-state index contributed by atoms with van der Waals surface area (Å²) in [4.78, 5) is 26.1. The first-order chi connectivity index (χ1) is 11.7. The van der Waals surface area contributed by atoms with Crippen molar-refractivity contribution in [3.05, 3.63) is 35.6 Å². The van der Waals surface area contributed by atoms with Gasteiger partial charge in [-0.3, -0.25) is 19.8 Å². The minimum atomic E-state index is -0.472. The first-order valence-corrected chi connectivity index (χ1v) is 7.85. The predicted octanol–water partition coefficient (Wildman–Crippen LogP) is 0.655.